The third-order valence-electron chi connectivity index (χ3n) is 6.17. The summed E-state index contributed by atoms with van der Waals surface area (Å²) < 4.78 is 11.3. The highest BCUT2D eigenvalue weighted by atomic mass is 16.5. The molecule has 0 saturated carbocycles. The van der Waals surface area contributed by atoms with Gasteiger partial charge in [-0.25, -0.2) is 0 Å². The normalized spacial score (nSPS) is 20.7. The van der Waals surface area contributed by atoms with Crippen LogP contribution in [0.1, 0.15) is 35.4 Å². The zero-order valence-electron chi connectivity index (χ0n) is 17.0. The van der Waals surface area contributed by atoms with E-state index < -0.39 is 0 Å². The molecule has 28 heavy (non-hydrogen) atoms. The molecule has 3 heterocycles. The maximum absolute atomic E-state index is 12.5. The summed E-state index contributed by atoms with van der Waals surface area (Å²) in [6, 6.07) is 10.9. The minimum atomic E-state index is -0.145. The van der Waals surface area contributed by atoms with Gasteiger partial charge in [0.05, 0.1) is 25.4 Å². The lowest BCUT2D eigenvalue weighted by Gasteiger charge is -2.47. The molecule has 150 valence electrons. The second-order valence-corrected chi connectivity index (χ2v) is 8.31. The van der Waals surface area contributed by atoms with E-state index in [0.29, 0.717) is 32.0 Å². The van der Waals surface area contributed by atoms with Crippen molar-refractivity contribution in [1.82, 2.24) is 15.0 Å². The number of nitrogens with zero attached hydrogens (tertiary/aromatic N) is 3. The molecule has 0 radical (unpaired) electrons. The molecule has 1 aromatic heterocycles. The van der Waals surface area contributed by atoms with Crippen LogP contribution in [0.5, 0.6) is 0 Å². The lowest BCUT2D eigenvalue weighted by molar-refractivity contribution is -0.157. The average molecular weight is 383 g/mol. The summed E-state index contributed by atoms with van der Waals surface area (Å²) in [6.07, 6.45) is 2.17. The minimum absolute atomic E-state index is 0.145. The maximum atomic E-state index is 12.5. The van der Waals surface area contributed by atoms with Crippen LogP contribution in [0.4, 0.5) is 0 Å². The number of ether oxygens (including phenoxy) is 1. The Hall–Kier alpha value is -2.18. The number of carbonyl (C=O) groups is 1. The lowest BCUT2D eigenvalue weighted by Crippen LogP contribution is -2.63. The van der Waals surface area contributed by atoms with Crippen LogP contribution in [-0.4, -0.2) is 59.3 Å². The van der Waals surface area contributed by atoms with Crippen molar-refractivity contribution in [3.05, 3.63) is 52.9 Å². The molecule has 1 spiro atoms. The van der Waals surface area contributed by atoms with Crippen molar-refractivity contribution < 1.29 is 14.1 Å². The highest BCUT2D eigenvalue weighted by Crippen LogP contribution is 2.37. The number of aryl methyl sites for hydroxylation is 2. The van der Waals surface area contributed by atoms with Crippen molar-refractivity contribution >= 4 is 5.91 Å². The molecule has 6 heteroatoms. The molecule has 6 nitrogen and oxygen atoms in total. The first-order chi connectivity index (χ1) is 13.5. The standard InChI is InChI=1S/C22H29N3O3/c1-16-20(17(2)28-23-16)9-10-21(26)25-14-22(15-25)11-19(13-27-22)24(3)12-18-7-5-4-6-8-18/h4-8,19H,9-15H2,1-3H3. The zero-order valence-corrected chi connectivity index (χ0v) is 17.0. The fourth-order valence-corrected chi connectivity index (χ4v) is 4.40. The van der Waals surface area contributed by atoms with E-state index in [1.807, 2.05) is 24.8 Å². The van der Waals surface area contributed by atoms with Crippen molar-refractivity contribution in [3.8, 4) is 0 Å². The van der Waals surface area contributed by atoms with Crippen molar-refractivity contribution in [2.24, 2.45) is 0 Å². The topological polar surface area (TPSA) is 58.8 Å². The predicted octanol–water partition coefficient (Wildman–Crippen LogP) is 2.73. The van der Waals surface area contributed by atoms with Crippen LogP contribution in [0, 0.1) is 13.8 Å². The smallest absolute Gasteiger partial charge is 0.223 e. The molecule has 1 unspecified atom stereocenters. The summed E-state index contributed by atoms with van der Waals surface area (Å²) in [7, 11) is 2.16. The summed E-state index contributed by atoms with van der Waals surface area (Å²) in [5, 5.41) is 3.96. The molecule has 1 atom stereocenters. The van der Waals surface area contributed by atoms with Crippen LogP contribution >= 0.6 is 0 Å². The SMILES string of the molecule is Cc1noc(C)c1CCC(=O)N1CC2(CC(N(C)Cc3ccccc3)CO2)C1. The number of aromatic nitrogens is 1. The van der Waals surface area contributed by atoms with Gasteiger partial charge in [-0.1, -0.05) is 35.5 Å². The van der Waals surface area contributed by atoms with Crippen molar-refractivity contribution in [3.63, 3.8) is 0 Å². The average Bonchev–Trinajstić information content (AvgIpc) is 3.24. The summed E-state index contributed by atoms with van der Waals surface area (Å²) in [5.74, 6) is 1.00. The van der Waals surface area contributed by atoms with Crippen LogP contribution in [-0.2, 0) is 22.5 Å². The molecule has 2 aliphatic rings. The molecule has 2 saturated heterocycles. The van der Waals surface area contributed by atoms with E-state index in [9.17, 15) is 4.79 Å². The number of likely N-dealkylation sites (tertiary alicyclic amines) is 1. The largest absolute Gasteiger partial charge is 0.370 e. The first-order valence-corrected chi connectivity index (χ1v) is 10.0. The summed E-state index contributed by atoms with van der Waals surface area (Å²) in [5.41, 5.74) is 3.11. The van der Waals surface area contributed by atoms with Gasteiger partial charge in [0.2, 0.25) is 5.91 Å². The first-order valence-electron chi connectivity index (χ1n) is 10.0. The Labute approximate surface area is 166 Å². The molecule has 0 N–H and O–H groups in total. The molecular formula is C22H29N3O3. The highest BCUT2D eigenvalue weighted by Gasteiger charge is 2.51. The van der Waals surface area contributed by atoms with Crippen molar-refractivity contribution in [2.45, 2.75) is 51.3 Å². The molecule has 4 rings (SSSR count). The van der Waals surface area contributed by atoms with E-state index in [-0.39, 0.29) is 11.5 Å². The van der Waals surface area contributed by atoms with Crippen LogP contribution < -0.4 is 0 Å². The fraction of sp³-hybridized carbons (Fsp3) is 0.545. The summed E-state index contributed by atoms with van der Waals surface area (Å²) in [6.45, 7) is 6.91. The summed E-state index contributed by atoms with van der Waals surface area (Å²) in [4.78, 5) is 16.8. The molecular weight excluding hydrogens is 354 g/mol. The lowest BCUT2D eigenvalue weighted by atomic mass is 9.88. The van der Waals surface area contributed by atoms with Gasteiger partial charge >= 0.3 is 0 Å². The Morgan fingerprint density at radius 2 is 2.04 bits per heavy atom. The quantitative estimate of drug-likeness (QED) is 0.768. The maximum Gasteiger partial charge on any atom is 0.223 e. The first kappa shape index (κ1) is 19.2. The van der Waals surface area contributed by atoms with Gasteiger partial charge in [0, 0.05) is 24.6 Å². The number of hydrogen-bond donors (Lipinski definition) is 0. The molecule has 2 aromatic rings. The number of benzene rings is 1. The van der Waals surface area contributed by atoms with Gasteiger partial charge in [-0.05, 0) is 39.3 Å². The number of rotatable bonds is 6. The van der Waals surface area contributed by atoms with Gasteiger partial charge in [-0.2, -0.15) is 0 Å². The van der Waals surface area contributed by atoms with E-state index in [1.54, 1.807) is 0 Å². The third kappa shape index (κ3) is 3.84. The Morgan fingerprint density at radius 3 is 2.71 bits per heavy atom. The monoisotopic (exact) mass is 383 g/mol. The van der Waals surface area contributed by atoms with Gasteiger partial charge in [0.1, 0.15) is 11.4 Å². The van der Waals surface area contributed by atoms with Crippen molar-refractivity contribution in [1.29, 1.82) is 0 Å². The molecule has 0 bridgehead atoms. The Morgan fingerprint density at radius 1 is 1.29 bits per heavy atom. The van der Waals surface area contributed by atoms with Gasteiger partial charge in [-0.15, -0.1) is 0 Å². The Bertz CT molecular complexity index is 807. The molecule has 0 aliphatic carbocycles. The zero-order chi connectivity index (χ0) is 19.7. The number of amides is 1. The van der Waals surface area contributed by atoms with Gasteiger partial charge in [0.25, 0.3) is 0 Å². The van der Waals surface area contributed by atoms with Crippen LogP contribution in [0.15, 0.2) is 34.9 Å². The van der Waals surface area contributed by atoms with Crippen LogP contribution in [0.25, 0.3) is 0 Å². The van der Waals surface area contributed by atoms with Crippen LogP contribution in [0.2, 0.25) is 0 Å². The second kappa shape index (κ2) is 7.68. The minimum Gasteiger partial charge on any atom is -0.370 e. The predicted molar refractivity (Wildman–Crippen MR) is 106 cm³/mol. The Kier molecular flexibility index (Phi) is 5.25. The van der Waals surface area contributed by atoms with Crippen LogP contribution in [0.3, 0.4) is 0 Å². The van der Waals surface area contributed by atoms with E-state index in [4.69, 9.17) is 9.26 Å². The van der Waals surface area contributed by atoms with E-state index in [0.717, 1.165) is 36.6 Å². The fourth-order valence-electron chi connectivity index (χ4n) is 4.40. The highest BCUT2D eigenvalue weighted by molar-refractivity contribution is 5.77. The number of likely N-dealkylation sites (N-methyl/N-ethyl adjacent to an activating group) is 1. The van der Waals surface area contributed by atoms with Gasteiger partial charge in [0.15, 0.2) is 0 Å². The van der Waals surface area contributed by atoms with E-state index >= 15 is 0 Å². The third-order valence-corrected chi connectivity index (χ3v) is 6.17. The van der Waals surface area contributed by atoms with Crippen molar-refractivity contribution in [2.75, 3.05) is 26.7 Å². The van der Waals surface area contributed by atoms with E-state index in [2.05, 4.69) is 41.4 Å². The molecule has 2 aliphatic heterocycles. The number of carbonyl (C=O) groups excluding carboxylic acids is 1. The number of hydrogen-bond acceptors (Lipinski definition) is 5. The second-order valence-electron chi connectivity index (χ2n) is 8.31. The summed E-state index contributed by atoms with van der Waals surface area (Å²) >= 11 is 0. The molecule has 1 amide bonds. The molecule has 2 fully saturated rings. The van der Waals surface area contributed by atoms with Gasteiger partial charge < -0.3 is 14.2 Å². The molecule has 1 aromatic carbocycles. The Balaban J connectivity index is 1.25. The van der Waals surface area contributed by atoms with Gasteiger partial charge in [-0.3, -0.25) is 9.69 Å². The van der Waals surface area contributed by atoms with E-state index in [1.165, 1.54) is 5.56 Å².